The number of nitrogens with zero attached hydrogens (tertiary/aromatic N) is 3. The van der Waals surface area contributed by atoms with Crippen LogP contribution in [-0.2, 0) is 26.4 Å². The molecule has 8 heteroatoms. The third-order valence-electron chi connectivity index (χ3n) is 4.83. The minimum Gasteiger partial charge on any atom is -0.486 e. The summed E-state index contributed by atoms with van der Waals surface area (Å²) < 4.78 is 13.8. The van der Waals surface area contributed by atoms with Crippen molar-refractivity contribution in [2.24, 2.45) is 12.0 Å². The fourth-order valence-corrected chi connectivity index (χ4v) is 3.45. The van der Waals surface area contributed by atoms with Crippen LogP contribution in [0.15, 0.2) is 29.3 Å². The number of aryl methyl sites for hydroxylation is 2. The molecule has 29 heavy (non-hydrogen) atoms. The number of rotatable bonds is 7. The summed E-state index contributed by atoms with van der Waals surface area (Å²) in [6.07, 6.45) is 1.80. The Labute approximate surface area is 190 Å². The second-order valence-electron chi connectivity index (χ2n) is 6.78. The normalized spacial score (nSPS) is 15.6. The number of nitrogens with one attached hydrogen (secondary N) is 2. The fourth-order valence-electron chi connectivity index (χ4n) is 3.45. The summed E-state index contributed by atoms with van der Waals surface area (Å²) in [7, 11) is 2.01. The van der Waals surface area contributed by atoms with Gasteiger partial charge >= 0.3 is 0 Å². The zero-order valence-corrected chi connectivity index (χ0v) is 20.0. The van der Waals surface area contributed by atoms with Crippen LogP contribution in [0.25, 0.3) is 0 Å². The molecule has 3 rings (SSSR count). The predicted molar refractivity (Wildman–Crippen MR) is 127 cm³/mol. The number of aromatic nitrogens is 2. The van der Waals surface area contributed by atoms with Gasteiger partial charge < -0.3 is 20.1 Å². The summed E-state index contributed by atoms with van der Waals surface area (Å²) in [6.45, 7) is 8.90. The SMILES string of the molecule is CCNC(=NCc1c(CC)nn(C)c1CC)NCC1COc2ccccc2O1.I. The van der Waals surface area contributed by atoms with Crippen LogP contribution in [0.2, 0.25) is 0 Å². The molecule has 2 aromatic rings. The molecule has 0 saturated heterocycles. The maximum absolute atomic E-state index is 6.02. The van der Waals surface area contributed by atoms with Crippen molar-refractivity contribution < 1.29 is 9.47 Å². The Morgan fingerprint density at radius 3 is 2.62 bits per heavy atom. The molecule has 7 nitrogen and oxygen atoms in total. The first-order valence-corrected chi connectivity index (χ1v) is 10.1. The van der Waals surface area contributed by atoms with E-state index in [0.717, 1.165) is 42.5 Å². The Kier molecular flexibility index (Phi) is 9.06. The van der Waals surface area contributed by atoms with Crippen LogP contribution in [0.3, 0.4) is 0 Å². The van der Waals surface area contributed by atoms with Crippen molar-refractivity contribution in [2.45, 2.75) is 46.3 Å². The van der Waals surface area contributed by atoms with Crippen molar-refractivity contribution in [1.29, 1.82) is 0 Å². The summed E-state index contributed by atoms with van der Waals surface area (Å²) in [6, 6.07) is 7.76. The summed E-state index contributed by atoms with van der Waals surface area (Å²) in [5.74, 6) is 2.37. The van der Waals surface area contributed by atoms with Gasteiger partial charge in [0.25, 0.3) is 0 Å². The minimum atomic E-state index is -0.0606. The molecule has 1 aromatic heterocycles. The van der Waals surface area contributed by atoms with Crippen molar-refractivity contribution in [2.75, 3.05) is 19.7 Å². The lowest BCUT2D eigenvalue weighted by Crippen LogP contribution is -2.45. The molecule has 0 fully saturated rings. The highest BCUT2D eigenvalue weighted by Gasteiger charge is 2.21. The van der Waals surface area contributed by atoms with Gasteiger partial charge in [-0.3, -0.25) is 4.68 Å². The van der Waals surface area contributed by atoms with Crippen LogP contribution in [0.1, 0.15) is 37.7 Å². The summed E-state index contributed by atoms with van der Waals surface area (Å²) in [5.41, 5.74) is 3.60. The average Bonchev–Trinajstić information content (AvgIpc) is 3.04. The number of hydrogen-bond donors (Lipinski definition) is 2. The van der Waals surface area contributed by atoms with Crippen LogP contribution in [0.5, 0.6) is 11.5 Å². The monoisotopic (exact) mass is 513 g/mol. The molecule has 1 aromatic carbocycles. The highest BCUT2D eigenvalue weighted by molar-refractivity contribution is 14.0. The average molecular weight is 513 g/mol. The minimum absolute atomic E-state index is 0. The van der Waals surface area contributed by atoms with Gasteiger partial charge in [-0.05, 0) is 31.9 Å². The van der Waals surface area contributed by atoms with E-state index in [2.05, 4.69) is 36.5 Å². The van der Waals surface area contributed by atoms with Crippen molar-refractivity contribution >= 4 is 29.9 Å². The highest BCUT2D eigenvalue weighted by atomic mass is 127. The summed E-state index contributed by atoms with van der Waals surface area (Å²) >= 11 is 0. The first kappa shape index (κ1) is 23.3. The zero-order valence-electron chi connectivity index (χ0n) is 17.7. The van der Waals surface area contributed by atoms with Crippen LogP contribution in [0, 0.1) is 0 Å². The zero-order chi connectivity index (χ0) is 19.9. The second-order valence-corrected chi connectivity index (χ2v) is 6.78. The maximum atomic E-state index is 6.02. The Hall–Kier alpha value is -1.97. The largest absolute Gasteiger partial charge is 0.486 e. The molecular formula is C21H32IN5O2. The van der Waals surface area contributed by atoms with Gasteiger partial charge in [-0.1, -0.05) is 26.0 Å². The molecule has 0 spiro atoms. The van der Waals surface area contributed by atoms with Crippen molar-refractivity contribution in [3.8, 4) is 11.5 Å². The highest BCUT2D eigenvalue weighted by Crippen LogP contribution is 2.30. The molecule has 0 aliphatic carbocycles. The lowest BCUT2D eigenvalue weighted by Gasteiger charge is -2.27. The van der Waals surface area contributed by atoms with E-state index in [9.17, 15) is 0 Å². The molecule has 160 valence electrons. The van der Waals surface area contributed by atoms with E-state index in [-0.39, 0.29) is 30.1 Å². The Bertz CT molecular complexity index is 821. The smallest absolute Gasteiger partial charge is 0.191 e. The number of aliphatic imine (C=N–C) groups is 1. The van der Waals surface area contributed by atoms with Crippen molar-refractivity contribution in [3.05, 3.63) is 41.2 Å². The van der Waals surface area contributed by atoms with Gasteiger partial charge in [0.05, 0.1) is 18.8 Å². The van der Waals surface area contributed by atoms with Gasteiger partial charge in [0.2, 0.25) is 0 Å². The van der Waals surface area contributed by atoms with E-state index >= 15 is 0 Å². The summed E-state index contributed by atoms with van der Waals surface area (Å²) in [4.78, 5) is 4.79. The van der Waals surface area contributed by atoms with Gasteiger partial charge in [-0.2, -0.15) is 5.10 Å². The van der Waals surface area contributed by atoms with Crippen molar-refractivity contribution in [3.63, 3.8) is 0 Å². The van der Waals surface area contributed by atoms with E-state index in [1.165, 1.54) is 11.3 Å². The van der Waals surface area contributed by atoms with E-state index in [1.807, 2.05) is 36.0 Å². The topological polar surface area (TPSA) is 72.7 Å². The number of guanidine groups is 1. The number of para-hydroxylation sites is 2. The second kappa shape index (κ2) is 11.3. The van der Waals surface area contributed by atoms with Gasteiger partial charge in [0, 0.05) is 24.8 Å². The van der Waals surface area contributed by atoms with E-state index < -0.39 is 0 Å². The lowest BCUT2D eigenvalue weighted by atomic mass is 10.1. The van der Waals surface area contributed by atoms with Crippen molar-refractivity contribution in [1.82, 2.24) is 20.4 Å². The maximum Gasteiger partial charge on any atom is 0.191 e. The number of fused-ring (bicyclic) bond motifs is 1. The predicted octanol–water partition coefficient (Wildman–Crippen LogP) is 3.06. The standard InChI is InChI=1S/C21H31N5O2.HI/c1-5-17-16(18(6-2)26(4)25-17)13-24-21(22-7-3)23-12-15-14-27-19-10-8-9-11-20(19)28-15;/h8-11,15H,5-7,12-14H2,1-4H3,(H2,22,23,24);1H. The molecule has 1 aliphatic heterocycles. The van der Waals surface area contributed by atoms with Gasteiger partial charge in [0.1, 0.15) is 12.7 Å². The quantitative estimate of drug-likeness (QED) is 0.339. The Morgan fingerprint density at radius 2 is 1.93 bits per heavy atom. The third-order valence-corrected chi connectivity index (χ3v) is 4.83. The molecule has 0 amide bonds. The summed E-state index contributed by atoms with van der Waals surface area (Å²) in [5, 5.41) is 11.3. The molecule has 1 aliphatic rings. The number of benzene rings is 1. The molecule has 2 N–H and O–H groups in total. The fraction of sp³-hybridized carbons (Fsp3) is 0.524. The van der Waals surface area contributed by atoms with Gasteiger partial charge in [0.15, 0.2) is 17.5 Å². The molecular weight excluding hydrogens is 481 g/mol. The van der Waals surface area contributed by atoms with Crippen LogP contribution >= 0.6 is 24.0 Å². The van der Waals surface area contributed by atoms with E-state index in [1.54, 1.807) is 0 Å². The number of halogens is 1. The van der Waals surface area contributed by atoms with Crippen LogP contribution < -0.4 is 20.1 Å². The Balaban J connectivity index is 0.00000300. The molecule has 1 atom stereocenters. The lowest BCUT2D eigenvalue weighted by molar-refractivity contribution is 0.0936. The van der Waals surface area contributed by atoms with Crippen LogP contribution in [0.4, 0.5) is 0 Å². The number of ether oxygens (including phenoxy) is 2. The van der Waals surface area contributed by atoms with E-state index in [4.69, 9.17) is 14.5 Å². The molecule has 0 radical (unpaired) electrons. The first-order valence-electron chi connectivity index (χ1n) is 10.1. The number of hydrogen-bond acceptors (Lipinski definition) is 4. The molecule has 1 unspecified atom stereocenters. The first-order chi connectivity index (χ1) is 13.7. The van der Waals surface area contributed by atoms with Crippen LogP contribution in [-0.4, -0.2) is 41.5 Å². The molecule has 0 saturated carbocycles. The molecule has 2 heterocycles. The van der Waals surface area contributed by atoms with Gasteiger partial charge in [-0.15, -0.1) is 24.0 Å². The van der Waals surface area contributed by atoms with Gasteiger partial charge in [-0.25, -0.2) is 4.99 Å². The third kappa shape index (κ3) is 5.77. The molecule has 0 bridgehead atoms. The van der Waals surface area contributed by atoms with E-state index in [0.29, 0.717) is 19.7 Å². The Morgan fingerprint density at radius 1 is 1.17 bits per heavy atom.